The van der Waals surface area contributed by atoms with Crippen LogP contribution in [-0.4, -0.2) is 12.1 Å². The molecule has 1 fully saturated rings. The maximum absolute atomic E-state index is 13.4. The van der Waals surface area contributed by atoms with Crippen molar-refractivity contribution in [1.29, 1.82) is 0 Å². The fourth-order valence-corrected chi connectivity index (χ4v) is 3.05. The lowest BCUT2D eigenvalue weighted by Crippen LogP contribution is -2.52. The third-order valence-electron chi connectivity index (χ3n) is 4.18. The average molecular weight is 270 g/mol. The summed E-state index contributed by atoms with van der Waals surface area (Å²) >= 11 is 6.19. The molecule has 1 aromatic carbocycles. The van der Waals surface area contributed by atoms with Crippen molar-refractivity contribution >= 4 is 11.6 Å². The van der Waals surface area contributed by atoms with Gasteiger partial charge in [0.2, 0.25) is 0 Å². The molecule has 1 saturated heterocycles. The molecule has 0 aromatic heterocycles. The van der Waals surface area contributed by atoms with Crippen LogP contribution in [0.15, 0.2) is 18.2 Å². The van der Waals surface area contributed by atoms with Crippen LogP contribution in [-0.2, 0) is 6.42 Å². The first-order valence-electron chi connectivity index (χ1n) is 6.53. The Labute approximate surface area is 114 Å². The highest BCUT2D eigenvalue weighted by molar-refractivity contribution is 6.31. The highest BCUT2D eigenvalue weighted by atomic mass is 35.5. The van der Waals surface area contributed by atoms with E-state index in [1.165, 1.54) is 12.5 Å². The van der Waals surface area contributed by atoms with Gasteiger partial charge in [0.05, 0.1) is 0 Å². The molecule has 1 nitrogen and oxygen atoms in total. The van der Waals surface area contributed by atoms with Gasteiger partial charge in [-0.25, -0.2) is 4.39 Å². The molecule has 2 rings (SSSR count). The van der Waals surface area contributed by atoms with Crippen molar-refractivity contribution in [2.24, 2.45) is 5.41 Å². The number of benzene rings is 1. The first-order valence-corrected chi connectivity index (χ1v) is 6.91. The summed E-state index contributed by atoms with van der Waals surface area (Å²) in [4.78, 5) is 0. The van der Waals surface area contributed by atoms with Crippen molar-refractivity contribution in [3.63, 3.8) is 0 Å². The zero-order valence-electron chi connectivity index (χ0n) is 11.3. The predicted molar refractivity (Wildman–Crippen MR) is 74.5 cm³/mol. The molecule has 0 saturated carbocycles. The van der Waals surface area contributed by atoms with E-state index in [0.717, 1.165) is 24.9 Å². The average Bonchev–Trinajstić information content (AvgIpc) is 2.72. The van der Waals surface area contributed by atoms with Gasteiger partial charge < -0.3 is 5.32 Å². The van der Waals surface area contributed by atoms with Crippen molar-refractivity contribution in [3.05, 3.63) is 34.6 Å². The molecule has 1 unspecified atom stereocenters. The summed E-state index contributed by atoms with van der Waals surface area (Å²) in [7, 11) is 0. The highest BCUT2D eigenvalue weighted by Crippen LogP contribution is 2.40. The summed E-state index contributed by atoms with van der Waals surface area (Å²) in [5.74, 6) is -0.212. The minimum Gasteiger partial charge on any atom is -0.310 e. The zero-order valence-corrected chi connectivity index (χ0v) is 12.1. The number of hydrogen-bond donors (Lipinski definition) is 1. The zero-order chi connectivity index (χ0) is 13.4. The van der Waals surface area contributed by atoms with Crippen LogP contribution in [0, 0.1) is 11.2 Å². The molecular formula is C15H21ClFN. The molecule has 100 valence electrons. The predicted octanol–water partition coefficient (Wildman–Crippen LogP) is 4.19. The Morgan fingerprint density at radius 2 is 2.11 bits per heavy atom. The van der Waals surface area contributed by atoms with Crippen LogP contribution in [0.3, 0.4) is 0 Å². The third-order valence-corrected chi connectivity index (χ3v) is 4.55. The van der Waals surface area contributed by atoms with E-state index in [1.54, 1.807) is 12.1 Å². The van der Waals surface area contributed by atoms with E-state index in [2.05, 4.69) is 26.1 Å². The second kappa shape index (κ2) is 4.82. The molecular weight excluding hydrogens is 249 g/mol. The third kappa shape index (κ3) is 2.55. The molecule has 0 amide bonds. The van der Waals surface area contributed by atoms with E-state index in [9.17, 15) is 4.39 Å². The van der Waals surface area contributed by atoms with Crippen LogP contribution in [0.2, 0.25) is 5.02 Å². The van der Waals surface area contributed by atoms with Gasteiger partial charge in [-0.3, -0.25) is 0 Å². The Kier molecular flexibility index (Phi) is 3.70. The first-order chi connectivity index (χ1) is 8.34. The van der Waals surface area contributed by atoms with Gasteiger partial charge in [-0.05, 0) is 55.0 Å². The highest BCUT2D eigenvalue weighted by Gasteiger charge is 2.43. The molecule has 18 heavy (non-hydrogen) atoms. The number of hydrogen-bond acceptors (Lipinski definition) is 1. The summed E-state index contributed by atoms with van der Waals surface area (Å²) in [5, 5.41) is 4.28. The number of nitrogens with one attached hydrogen (secondary N) is 1. The minimum absolute atomic E-state index is 0.0183. The van der Waals surface area contributed by atoms with Gasteiger partial charge in [0.1, 0.15) is 5.82 Å². The van der Waals surface area contributed by atoms with Crippen LogP contribution in [0.25, 0.3) is 0 Å². The molecule has 0 spiro atoms. The summed E-state index contributed by atoms with van der Waals surface area (Å²) in [6, 6.07) is 4.63. The van der Waals surface area contributed by atoms with E-state index in [1.807, 2.05) is 0 Å². The Balaban J connectivity index is 2.32. The molecule has 1 heterocycles. The van der Waals surface area contributed by atoms with E-state index in [0.29, 0.717) is 5.02 Å². The molecule has 1 aliphatic heterocycles. The van der Waals surface area contributed by atoms with Crippen LogP contribution < -0.4 is 5.32 Å². The topological polar surface area (TPSA) is 12.0 Å². The molecule has 1 N–H and O–H groups in total. The van der Waals surface area contributed by atoms with Gasteiger partial charge in [-0.15, -0.1) is 0 Å². The second-order valence-electron chi connectivity index (χ2n) is 6.27. The smallest absolute Gasteiger partial charge is 0.123 e. The normalized spacial score (nSPS) is 24.5. The fourth-order valence-electron chi connectivity index (χ4n) is 2.87. The van der Waals surface area contributed by atoms with Crippen LogP contribution in [0.1, 0.15) is 39.2 Å². The molecule has 0 bridgehead atoms. The standard InChI is InChI=1S/C15H21ClFN/c1-14(2,3)15(7-4-8-18-15)10-11-9-12(17)5-6-13(11)16/h5-6,9,18H,4,7-8,10H2,1-3H3. The summed E-state index contributed by atoms with van der Waals surface area (Å²) in [5.41, 5.74) is 1.05. The van der Waals surface area contributed by atoms with Crippen molar-refractivity contribution in [3.8, 4) is 0 Å². The quantitative estimate of drug-likeness (QED) is 0.849. The van der Waals surface area contributed by atoms with E-state index < -0.39 is 0 Å². The van der Waals surface area contributed by atoms with E-state index in [-0.39, 0.29) is 16.8 Å². The van der Waals surface area contributed by atoms with Gasteiger partial charge in [0.15, 0.2) is 0 Å². The lowest BCUT2D eigenvalue weighted by molar-refractivity contribution is 0.159. The molecule has 1 atom stereocenters. The molecule has 1 aliphatic rings. The fraction of sp³-hybridized carbons (Fsp3) is 0.600. The molecule has 0 radical (unpaired) electrons. The van der Waals surface area contributed by atoms with Gasteiger partial charge >= 0.3 is 0 Å². The lowest BCUT2D eigenvalue weighted by Gasteiger charge is -2.42. The Morgan fingerprint density at radius 1 is 1.39 bits per heavy atom. The summed E-state index contributed by atoms with van der Waals surface area (Å²) < 4.78 is 13.4. The minimum atomic E-state index is -0.212. The molecule has 1 aromatic rings. The van der Waals surface area contributed by atoms with Crippen LogP contribution >= 0.6 is 11.6 Å². The van der Waals surface area contributed by atoms with E-state index in [4.69, 9.17) is 11.6 Å². The Bertz CT molecular complexity index is 431. The SMILES string of the molecule is CC(C)(C)C1(Cc2cc(F)ccc2Cl)CCCN1. The van der Waals surface area contributed by atoms with Gasteiger partial charge in [-0.1, -0.05) is 32.4 Å². The van der Waals surface area contributed by atoms with E-state index >= 15 is 0 Å². The first kappa shape index (κ1) is 13.8. The van der Waals surface area contributed by atoms with Crippen molar-refractivity contribution in [1.82, 2.24) is 5.32 Å². The van der Waals surface area contributed by atoms with Gasteiger partial charge in [-0.2, -0.15) is 0 Å². The molecule has 0 aliphatic carbocycles. The maximum atomic E-state index is 13.4. The Morgan fingerprint density at radius 3 is 2.67 bits per heavy atom. The van der Waals surface area contributed by atoms with Crippen molar-refractivity contribution in [2.45, 2.75) is 45.6 Å². The van der Waals surface area contributed by atoms with Crippen molar-refractivity contribution < 1.29 is 4.39 Å². The Hall–Kier alpha value is -0.600. The van der Waals surface area contributed by atoms with Crippen molar-refractivity contribution in [2.75, 3.05) is 6.54 Å². The van der Waals surface area contributed by atoms with Gasteiger partial charge in [0.25, 0.3) is 0 Å². The molecule has 3 heteroatoms. The van der Waals surface area contributed by atoms with Gasteiger partial charge in [0, 0.05) is 10.6 Å². The maximum Gasteiger partial charge on any atom is 0.123 e. The number of halogens is 2. The van der Waals surface area contributed by atoms with Crippen LogP contribution in [0.4, 0.5) is 4.39 Å². The summed E-state index contributed by atoms with van der Waals surface area (Å²) in [6.07, 6.45) is 3.07. The monoisotopic (exact) mass is 269 g/mol. The lowest BCUT2D eigenvalue weighted by atomic mass is 9.69. The second-order valence-corrected chi connectivity index (χ2v) is 6.68. The number of rotatable bonds is 2. The van der Waals surface area contributed by atoms with Crippen LogP contribution in [0.5, 0.6) is 0 Å². The largest absolute Gasteiger partial charge is 0.310 e. The summed E-state index contributed by atoms with van der Waals surface area (Å²) in [6.45, 7) is 7.74.